The molecule has 3 rings (SSSR count). The highest BCUT2D eigenvalue weighted by atomic mass is 16.4. The summed E-state index contributed by atoms with van der Waals surface area (Å²) in [6, 6.07) is 8.41. The van der Waals surface area contributed by atoms with Crippen molar-refractivity contribution in [1.82, 2.24) is 10.3 Å². The number of carbonyl (C=O) groups is 1. The predicted octanol–water partition coefficient (Wildman–Crippen LogP) is 3.66. The van der Waals surface area contributed by atoms with Gasteiger partial charge in [-0.05, 0) is 50.2 Å². The summed E-state index contributed by atoms with van der Waals surface area (Å²) in [6.07, 6.45) is 9.76. The molecule has 0 bridgehead atoms. The lowest BCUT2D eigenvalue weighted by Gasteiger charge is -2.21. The molecule has 0 aliphatic heterocycles. The van der Waals surface area contributed by atoms with Gasteiger partial charge in [-0.2, -0.15) is 0 Å². The van der Waals surface area contributed by atoms with Crippen LogP contribution in [-0.2, 0) is 17.6 Å². The monoisotopic (exact) mass is 368 g/mol. The van der Waals surface area contributed by atoms with Crippen LogP contribution < -0.4 is 10.6 Å². The Balaban J connectivity index is 1.48. The minimum atomic E-state index is -0.353. The molecule has 144 valence electrons. The number of pyridine rings is 1. The molecular formula is C21H28N4O2. The van der Waals surface area contributed by atoms with Crippen LogP contribution in [0.1, 0.15) is 49.8 Å². The summed E-state index contributed by atoms with van der Waals surface area (Å²) < 4.78 is 0. The fourth-order valence-corrected chi connectivity index (χ4v) is 3.70. The molecule has 0 spiro atoms. The van der Waals surface area contributed by atoms with Crippen molar-refractivity contribution in [2.45, 2.75) is 51.4 Å². The van der Waals surface area contributed by atoms with E-state index in [-0.39, 0.29) is 5.91 Å². The molecule has 3 N–H and O–H groups in total. The van der Waals surface area contributed by atoms with Gasteiger partial charge in [0.05, 0.1) is 5.52 Å². The van der Waals surface area contributed by atoms with E-state index in [1.165, 1.54) is 35.2 Å². The lowest BCUT2D eigenvalue weighted by molar-refractivity contribution is -0.114. The van der Waals surface area contributed by atoms with E-state index in [1.807, 2.05) is 0 Å². The number of aromatic nitrogens is 1. The van der Waals surface area contributed by atoms with Crippen LogP contribution >= 0.6 is 0 Å². The van der Waals surface area contributed by atoms with E-state index in [1.54, 1.807) is 0 Å². The molecular weight excluding hydrogens is 340 g/mol. The van der Waals surface area contributed by atoms with Crippen molar-refractivity contribution in [1.29, 1.82) is 0 Å². The zero-order valence-electron chi connectivity index (χ0n) is 15.7. The maximum absolute atomic E-state index is 11.1. The Hall–Kier alpha value is -2.63. The van der Waals surface area contributed by atoms with Gasteiger partial charge in [-0.25, -0.2) is 0 Å². The van der Waals surface area contributed by atoms with Crippen molar-refractivity contribution in [3.8, 4) is 0 Å². The van der Waals surface area contributed by atoms with Gasteiger partial charge in [0, 0.05) is 29.9 Å². The SMILES string of the molecule is O=C(C=NO)NCCCCCCNc1c2c(nc3ccccc13)CCCC2. The van der Waals surface area contributed by atoms with Gasteiger partial charge in [0.15, 0.2) is 0 Å². The topological polar surface area (TPSA) is 86.6 Å². The summed E-state index contributed by atoms with van der Waals surface area (Å²) in [5.74, 6) is -0.353. The highest BCUT2D eigenvalue weighted by Gasteiger charge is 2.17. The molecule has 0 unspecified atom stereocenters. The number of benzene rings is 1. The van der Waals surface area contributed by atoms with Gasteiger partial charge >= 0.3 is 0 Å². The fraction of sp³-hybridized carbons (Fsp3) is 0.476. The van der Waals surface area contributed by atoms with E-state index in [9.17, 15) is 4.79 Å². The third-order valence-corrected chi connectivity index (χ3v) is 5.05. The molecule has 1 amide bonds. The van der Waals surface area contributed by atoms with Gasteiger partial charge in [-0.1, -0.05) is 36.2 Å². The number of rotatable bonds is 9. The second kappa shape index (κ2) is 9.90. The minimum absolute atomic E-state index is 0.353. The first-order chi connectivity index (χ1) is 13.3. The number of amides is 1. The molecule has 6 heteroatoms. The van der Waals surface area contributed by atoms with Gasteiger partial charge in [-0.3, -0.25) is 9.78 Å². The summed E-state index contributed by atoms with van der Waals surface area (Å²) in [5.41, 5.74) is 5.05. The Kier molecular flexibility index (Phi) is 7.02. The molecule has 0 atom stereocenters. The van der Waals surface area contributed by atoms with Crippen LogP contribution in [0.4, 0.5) is 5.69 Å². The molecule has 2 aromatic rings. The molecule has 6 nitrogen and oxygen atoms in total. The van der Waals surface area contributed by atoms with Gasteiger partial charge in [0.25, 0.3) is 5.91 Å². The molecule has 1 aliphatic rings. The van der Waals surface area contributed by atoms with Gasteiger partial charge in [0.2, 0.25) is 0 Å². The van der Waals surface area contributed by atoms with Gasteiger partial charge < -0.3 is 15.8 Å². The fourth-order valence-electron chi connectivity index (χ4n) is 3.70. The summed E-state index contributed by atoms with van der Waals surface area (Å²) in [6.45, 7) is 1.56. The van der Waals surface area contributed by atoms with E-state index in [4.69, 9.17) is 10.2 Å². The lowest BCUT2D eigenvalue weighted by Crippen LogP contribution is -2.25. The number of oxime groups is 1. The highest BCUT2D eigenvalue weighted by Crippen LogP contribution is 2.33. The second-order valence-corrected chi connectivity index (χ2v) is 7.01. The number of nitrogens with zero attached hydrogens (tertiary/aromatic N) is 2. The number of aryl methyl sites for hydroxylation is 1. The number of carbonyl (C=O) groups excluding carboxylic acids is 1. The molecule has 1 aromatic heterocycles. The van der Waals surface area contributed by atoms with Crippen molar-refractivity contribution >= 4 is 28.7 Å². The van der Waals surface area contributed by atoms with Gasteiger partial charge in [-0.15, -0.1) is 0 Å². The van der Waals surface area contributed by atoms with Crippen LogP contribution in [0.15, 0.2) is 29.4 Å². The number of anilines is 1. The smallest absolute Gasteiger partial charge is 0.265 e. The molecule has 1 aromatic carbocycles. The Morgan fingerprint density at radius 1 is 1.11 bits per heavy atom. The predicted molar refractivity (Wildman–Crippen MR) is 109 cm³/mol. The third kappa shape index (κ3) is 5.18. The minimum Gasteiger partial charge on any atom is -0.411 e. The molecule has 0 radical (unpaired) electrons. The Bertz CT molecular complexity index is 804. The van der Waals surface area contributed by atoms with Crippen LogP contribution in [0.3, 0.4) is 0 Å². The summed E-state index contributed by atoms with van der Waals surface area (Å²) in [4.78, 5) is 16.0. The van der Waals surface area contributed by atoms with Crippen molar-refractivity contribution in [2.24, 2.45) is 5.16 Å². The Labute approximate surface area is 160 Å². The average molecular weight is 368 g/mol. The van der Waals surface area contributed by atoms with Crippen LogP contribution in [-0.4, -0.2) is 35.4 Å². The quantitative estimate of drug-likeness (QED) is 0.273. The third-order valence-electron chi connectivity index (χ3n) is 5.05. The number of hydrogen-bond acceptors (Lipinski definition) is 5. The number of fused-ring (bicyclic) bond motifs is 2. The highest BCUT2D eigenvalue weighted by molar-refractivity contribution is 6.25. The average Bonchev–Trinajstić information content (AvgIpc) is 2.69. The van der Waals surface area contributed by atoms with E-state index in [0.29, 0.717) is 6.54 Å². The Morgan fingerprint density at radius 3 is 2.74 bits per heavy atom. The lowest BCUT2D eigenvalue weighted by atomic mass is 9.92. The summed E-state index contributed by atoms with van der Waals surface area (Å²) in [5, 5.41) is 18.6. The maximum atomic E-state index is 11.1. The van der Waals surface area contributed by atoms with Gasteiger partial charge in [0.1, 0.15) is 6.21 Å². The number of nitrogens with one attached hydrogen (secondary N) is 2. The van der Waals surface area contributed by atoms with Crippen LogP contribution in [0, 0.1) is 0 Å². The zero-order valence-corrected chi connectivity index (χ0v) is 15.7. The van der Waals surface area contributed by atoms with E-state index in [0.717, 1.165) is 56.8 Å². The maximum Gasteiger partial charge on any atom is 0.265 e. The molecule has 27 heavy (non-hydrogen) atoms. The summed E-state index contributed by atoms with van der Waals surface area (Å²) in [7, 11) is 0. The number of hydrogen-bond donors (Lipinski definition) is 3. The molecule has 0 saturated heterocycles. The first kappa shape index (κ1) is 19.1. The van der Waals surface area contributed by atoms with Crippen LogP contribution in [0.5, 0.6) is 0 Å². The summed E-state index contributed by atoms with van der Waals surface area (Å²) >= 11 is 0. The van der Waals surface area contributed by atoms with Crippen molar-refractivity contribution < 1.29 is 10.0 Å². The van der Waals surface area contributed by atoms with E-state index < -0.39 is 0 Å². The normalized spacial score (nSPS) is 13.6. The zero-order chi connectivity index (χ0) is 18.9. The van der Waals surface area contributed by atoms with Crippen molar-refractivity contribution in [3.63, 3.8) is 0 Å². The van der Waals surface area contributed by atoms with E-state index >= 15 is 0 Å². The molecule has 1 heterocycles. The number of unbranched alkanes of at least 4 members (excludes halogenated alkanes) is 3. The first-order valence-electron chi connectivity index (χ1n) is 9.89. The number of para-hydroxylation sites is 1. The Morgan fingerprint density at radius 2 is 1.89 bits per heavy atom. The second-order valence-electron chi connectivity index (χ2n) is 7.01. The standard InChI is InChI=1S/C21H28N4O2/c26-20(15-24-27)22-13-7-1-2-8-14-23-21-16-9-3-5-11-18(16)25-19-12-6-4-10-17(19)21/h3,5,9,11,15,27H,1-2,4,6-8,10,12-14H2,(H,22,26)(H,23,25). The van der Waals surface area contributed by atoms with E-state index in [2.05, 4.69) is 40.1 Å². The largest absolute Gasteiger partial charge is 0.411 e. The molecule has 1 aliphatic carbocycles. The molecule has 0 fully saturated rings. The van der Waals surface area contributed by atoms with Crippen LogP contribution in [0.2, 0.25) is 0 Å². The van der Waals surface area contributed by atoms with Crippen molar-refractivity contribution in [2.75, 3.05) is 18.4 Å². The van der Waals surface area contributed by atoms with Crippen LogP contribution in [0.25, 0.3) is 10.9 Å². The molecule has 0 saturated carbocycles. The first-order valence-corrected chi connectivity index (χ1v) is 9.89. The van der Waals surface area contributed by atoms with Crippen molar-refractivity contribution in [3.05, 3.63) is 35.5 Å².